The molecule has 0 aliphatic heterocycles. The third-order valence-electron chi connectivity index (χ3n) is 3.18. The van der Waals surface area contributed by atoms with E-state index in [0.29, 0.717) is 5.75 Å². The summed E-state index contributed by atoms with van der Waals surface area (Å²) < 4.78 is 5.20. The lowest BCUT2D eigenvalue weighted by atomic mass is 10.1. The molecule has 1 N–H and O–H groups in total. The molecular weight excluding hydrogens is 250 g/mol. The number of para-hydroxylation sites is 1. The molecule has 3 nitrogen and oxygen atoms in total. The van der Waals surface area contributed by atoms with Gasteiger partial charge in [-0.15, -0.1) is 0 Å². The van der Waals surface area contributed by atoms with Crippen molar-refractivity contribution in [1.82, 2.24) is 5.32 Å². The van der Waals surface area contributed by atoms with Crippen molar-refractivity contribution in [2.75, 3.05) is 0 Å². The van der Waals surface area contributed by atoms with Crippen LogP contribution in [0.4, 0.5) is 4.79 Å². The van der Waals surface area contributed by atoms with Crippen molar-refractivity contribution in [3.05, 3.63) is 65.7 Å². The van der Waals surface area contributed by atoms with Gasteiger partial charge in [-0.2, -0.15) is 0 Å². The summed E-state index contributed by atoms with van der Waals surface area (Å²) in [6.45, 7) is 4.06. The zero-order chi connectivity index (χ0) is 14.4. The topological polar surface area (TPSA) is 38.3 Å². The van der Waals surface area contributed by atoms with E-state index in [4.69, 9.17) is 4.74 Å². The van der Waals surface area contributed by atoms with E-state index in [1.54, 1.807) is 12.1 Å². The number of rotatable bonds is 4. The first kappa shape index (κ1) is 14.1. The van der Waals surface area contributed by atoms with Crippen molar-refractivity contribution >= 4 is 6.09 Å². The van der Waals surface area contributed by atoms with Gasteiger partial charge in [-0.25, -0.2) is 4.79 Å². The van der Waals surface area contributed by atoms with E-state index in [0.717, 1.165) is 12.0 Å². The molecule has 0 spiro atoms. The van der Waals surface area contributed by atoms with E-state index in [9.17, 15) is 4.79 Å². The molecule has 0 saturated heterocycles. The highest BCUT2D eigenvalue weighted by Gasteiger charge is 2.10. The monoisotopic (exact) mass is 269 g/mol. The second-order valence-electron chi connectivity index (χ2n) is 4.66. The first-order valence-corrected chi connectivity index (χ1v) is 6.81. The fourth-order valence-corrected chi connectivity index (χ4v) is 1.93. The molecule has 0 aliphatic rings. The first-order chi connectivity index (χ1) is 9.69. The van der Waals surface area contributed by atoms with E-state index in [1.165, 1.54) is 5.56 Å². The molecule has 2 rings (SSSR count). The van der Waals surface area contributed by atoms with Gasteiger partial charge in [0.05, 0.1) is 6.04 Å². The van der Waals surface area contributed by atoms with Crippen molar-refractivity contribution in [3.63, 3.8) is 0 Å². The van der Waals surface area contributed by atoms with Crippen LogP contribution in [-0.4, -0.2) is 6.09 Å². The number of carbonyl (C=O) groups is 1. The molecule has 104 valence electrons. The number of aryl methyl sites for hydroxylation is 1. The first-order valence-electron chi connectivity index (χ1n) is 6.81. The minimum atomic E-state index is -0.441. The molecule has 1 unspecified atom stereocenters. The standard InChI is InChI=1S/C17H19NO2/c1-3-14-9-11-15(12-10-14)13(2)18-17(19)20-16-7-5-4-6-8-16/h4-13H,3H2,1-2H3,(H,18,19). The van der Waals surface area contributed by atoms with Crippen LogP contribution in [0, 0.1) is 0 Å². The van der Waals surface area contributed by atoms with Gasteiger partial charge < -0.3 is 10.1 Å². The molecule has 0 radical (unpaired) electrons. The Morgan fingerprint density at radius 2 is 1.75 bits per heavy atom. The second kappa shape index (κ2) is 6.75. The Kier molecular flexibility index (Phi) is 4.77. The van der Waals surface area contributed by atoms with Crippen LogP contribution in [0.2, 0.25) is 0 Å². The maximum atomic E-state index is 11.8. The minimum absolute atomic E-state index is 0.0860. The van der Waals surface area contributed by atoms with Crippen LogP contribution >= 0.6 is 0 Å². The summed E-state index contributed by atoms with van der Waals surface area (Å²) >= 11 is 0. The van der Waals surface area contributed by atoms with E-state index in [2.05, 4.69) is 24.4 Å². The molecule has 2 aromatic rings. The Morgan fingerprint density at radius 3 is 2.35 bits per heavy atom. The van der Waals surface area contributed by atoms with Gasteiger partial charge in [0.2, 0.25) is 0 Å². The Hall–Kier alpha value is -2.29. The SMILES string of the molecule is CCc1ccc(C(C)NC(=O)Oc2ccccc2)cc1. The van der Waals surface area contributed by atoms with Gasteiger partial charge in [-0.05, 0) is 36.6 Å². The molecular formula is C17H19NO2. The van der Waals surface area contributed by atoms with E-state index in [1.807, 2.05) is 37.3 Å². The van der Waals surface area contributed by atoms with Crippen LogP contribution in [0.5, 0.6) is 5.75 Å². The van der Waals surface area contributed by atoms with Crippen LogP contribution in [0.25, 0.3) is 0 Å². The number of ether oxygens (including phenoxy) is 1. The summed E-state index contributed by atoms with van der Waals surface area (Å²) in [6, 6.07) is 17.2. The molecule has 20 heavy (non-hydrogen) atoms. The highest BCUT2D eigenvalue weighted by atomic mass is 16.6. The predicted octanol–water partition coefficient (Wildman–Crippen LogP) is 4.10. The van der Waals surface area contributed by atoms with E-state index >= 15 is 0 Å². The molecule has 0 fully saturated rings. The van der Waals surface area contributed by atoms with Crippen LogP contribution < -0.4 is 10.1 Å². The third-order valence-corrected chi connectivity index (χ3v) is 3.18. The Balaban J connectivity index is 1.93. The second-order valence-corrected chi connectivity index (χ2v) is 4.66. The average molecular weight is 269 g/mol. The normalized spacial score (nSPS) is 11.7. The number of carbonyl (C=O) groups excluding carboxylic acids is 1. The van der Waals surface area contributed by atoms with Crippen LogP contribution in [0.15, 0.2) is 54.6 Å². The van der Waals surface area contributed by atoms with Gasteiger partial charge in [-0.1, -0.05) is 49.4 Å². The Morgan fingerprint density at radius 1 is 1.10 bits per heavy atom. The molecule has 1 amide bonds. The predicted molar refractivity (Wildman–Crippen MR) is 79.8 cm³/mol. The minimum Gasteiger partial charge on any atom is -0.410 e. The molecule has 0 bridgehead atoms. The number of hydrogen-bond acceptors (Lipinski definition) is 2. The fraction of sp³-hybridized carbons (Fsp3) is 0.235. The molecule has 1 atom stereocenters. The summed E-state index contributed by atoms with van der Waals surface area (Å²) in [7, 11) is 0. The van der Waals surface area contributed by atoms with Crippen molar-refractivity contribution in [2.24, 2.45) is 0 Å². The van der Waals surface area contributed by atoms with Crippen LogP contribution in [0.1, 0.15) is 31.0 Å². The van der Waals surface area contributed by atoms with Gasteiger partial charge in [0.25, 0.3) is 0 Å². The lowest BCUT2D eigenvalue weighted by Crippen LogP contribution is -2.29. The number of hydrogen-bond donors (Lipinski definition) is 1. The van der Waals surface area contributed by atoms with Crippen LogP contribution in [-0.2, 0) is 6.42 Å². The maximum Gasteiger partial charge on any atom is 0.413 e. The third kappa shape index (κ3) is 3.85. The molecule has 2 aromatic carbocycles. The molecule has 0 saturated carbocycles. The summed E-state index contributed by atoms with van der Waals surface area (Å²) in [4.78, 5) is 11.8. The fourth-order valence-electron chi connectivity index (χ4n) is 1.93. The smallest absolute Gasteiger partial charge is 0.410 e. The van der Waals surface area contributed by atoms with Gasteiger partial charge >= 0.3 is 6.09 Å². The Bertz CT molecular complexity index is 549. The molecule has 0 heterocycles. The number of amides is 1. The summed E-state index contributed by atoms with van der Waals surface area (Å²) in [5, 5.41) is 2.82. The molecule has 0 aliphatic carbocycles. The summed E-state index contributed by atoms with van der Waals surface area (Å²) in [6.07, 6.45) is 0.571. The van der Waals surface area contributed by atoms with Gasteiger partial charge in [0, 0.05) is 0 Å². The average Bonchev–Trinajstić information content (AvgIpc) is 2.48. The highest BCUT2D eigenvalue weighted by Crippen LogP contribution is 2.15. The highest BCUT2D eigenvalue weighted by molar-refractivity contribution is 5.70. The van der Waals surface area contributed by atoms with Crippen molar-refractivity contribution < 1.29 is 9.53 Å². The summed E-state index contributed by atoms with van der Waals surface area (Å²) in [5.74, 6) is 0.540. The van der Waals surface area contributed by atoms with Crippen molar-refractivity contribution in [3.8, 4) is 5.75 Å². The lowest BCUT2D eigenvalue weighted by Gasteiger charge is -2.14. The van der Waals surface area contributed by atoms with Gasteiger partial charge in [0.15, 0.2) is 0 Å². The van der Waals surface area contributed by atoms with E-state index in [-0.39, 0.29) is 6.04 Å². The maximum absolute atomic E-state index is 11.8. The molecule has 3 heteroatoms. The zero-order valence-corrected chi connectivity index (χ0v) is 11.8. The van der Waals surface area contributed by atoms with Crippen LogP contribution in [0.3, 0.4) is 0 Å². The molecule has 0 aromatic heterocycles. The van der Waals surface area contributed by atoms with Crippen molar-refractivity contribution in [2.45, 2.75) is 26.3 Å². The lowest BCUT2D eigenvalue weighted by molar-refractivity contribution is 0.197. The van der Waals surface area contributed by atoms with Gasteiger partial charge in [0.1, 0.15) is 5.75 Å². The quantitative estimate of drug-likeness (QED) is 0.907. The zero-order valence-electron chi connectivity index (χ0n) is 11.8. The number of nitrogens with one attached hydrogen (secondary N) is 1. The van der Waals surface area contributed by atoms with Gasteiger partial charge in [-0.3, -0.25) is 0 Å². The largest absolute Gasteiger partial charge is 0.413 e. The van der Waals surface area contributed by atoms with Crippen molar-refractivity contribution in [1.29, 1.82) is 0 Å². The van der Waals surface area contributed by atoms with E-state index < -0.39 is 6.09 Å². The Labute approximate surface area is 119 Å². The number of benzene rings is 2. The summed E-state index contributed by atoms with van der Waals surface area (Å²) in [5.41, 5.74) is 2.35.